The maximum atomic E-state index is 11.2. The summed E-state index contributed by atoms with van der Waals surface area (Å²) in [6.45, 7) is 2.04. The Labute approximate surface area is 75.3 Å². The summed E-state index contributed by atoms with van der Waals surface area (Å²) in [7, 11) is 0. The van der Waals surface area contributed by atoms with Gasteiger partial charge in [-0.25, -0.2) is 0 Å². The summed E-state index contributed by atoms with van der Waals surface area (Å²) in [5, 5.41) is 14.4. The van der Waals surface area contributed by atoms with Crippen molar-refractivity contribution in [1.29, 1.82) is 5.26 Å². The lowest BCUT2D eigenvalue weighted by atomic mass is 10.2. The lowest BCUT2D eigenvalue weighted by Crippen LogP contribution is -2.27. The van der Waals surface area contributed by atoms with Crippen molar-refractivity contribution >= 4 is 5.91 Å². The highest BCUT2D eigenvalue weighted by Gasteiger charge is 2.09. The maximum absolute atomic E-state index is 11.2. The van der Waals surface area contributed by atoms with Crippen molar-refractivity contribution in [3.63, 3.8) is 0 Å². The molecule has 1 aromatic heterocycles. The van der Waals surface area contributed by atoms with Gasteiger partial charge in [-0.2, -0.15) is 5.26 Å². The third-order valence-electron chi connectivity index (χ3n) is 1.45. The van der Waals surface area contributed by atoms with E-state index in [2.05, 4.69) is 15.0 Å². The van der Waals surface area contributed by atoms with Crippen LogP contribution in [0.2, 0.25) is 0 Å². The summed E-state index contributed by atoms with van der Waals surface area (Å²) in [5.41, 5.74) is 0. The highest BCUT2D eigenvalue weighted by molar-refractivity contribution is 5.91. The van der Waals surface area contributed by atoms with Crippen LogP contribution in [0.5, 0.6) is 0 Å². The average Bonchev–Trinajstić information content (AvgIpc) is 2.66. The molecule has 5 nitrogen and oxygen atoms in total. The fraction of sp³-hybridized carbons (Fsp3) is 0.375. The molecule has 5 heteroatoms. The summed E-state index contributed by atoms with van der Waals surface area (Å²) in [4.78, 5) is 11.2. The predicted molar refractivity (Wildman–Crippen MR) is 43.6 cm³/mol. The molecule has 1 amide bonds. The van der Waals surface area contributed by atoms with Crippen LogP contribution in [0.1, 0.15) is 17.5 Å². The van der Waals surface area contributed by atoms with Gasteiger partial charge < -0.3 is 9.84 Å². The van der Waals surface area contributed by atoms with Crippen LogP contribution in [0.15, 0.2) is 16.8 Å². The van der Waals surface area contributed by atoms with Crippen LogP contribution in [0.3, 0.4) is 0 Å². The van der Waals surface area contributed by atoms with E-state index in [1.807, 2.05) is 6.07 Å². The van der Waals surface area contributed by atoms with Gasteiger partial charge >= 0.3 is 0 Å². The van der Waals surface area contributed by atoms with E-state index in [-0.39, 0.29) is 17.6 Å². The van der Waals surface area contributed by atoms with E-state index in [0.29, 0.717) is 6.54 Å². The number of nitriles is 1. The Morgan fingerprint density at radius 1 is 1.92 bits per heavy atom. The zero-order valence-corrected chi connectivity index (χ0v) is 7.15. The molecule has 0 radical (unpaired) electrons. The summed E-state index contributed by atoms with van der Waals surface area (Å²) in [6.07, 6.45) is 1.39. The third-order valence-corrected chi connectivity index (χ3v) is 1.45. The van der Waals surface area contributed by atoms with Gasteiger partial charge in [-0.1, -0.05) is 5.16 Å². The van der Waals surface area contributed by atoms with Crippen LogP contribution in [0.4, 0.5) is 0 Å². The predicted octanol–water partition coefficient (Wildman–Crippen LogP) is 0.564. The molecule has 1 atom stereocenters. The molecular formula is C8H9N3O2. The van der Waals surface area contributed by atoms with Gasteiger partial charge in [0.1, 0.15) is 0 Å². The minimum Gasteiger partial charge on any atom is -0.351 e. The highest BCUT2D eigenvalue weighted by Crippen LogP contribution is 1.96. The minimum atomic E-state index is -0.348. The van der Waals surface area contributed by atoms with Crippen LogP contribution in [-0.2, 0) is 0 Å². The molecule has 13 heavy (non-hydrogen) atoms. The van der Waals surface area contributed by atoms with E-state index in [9.17, 15) is 4.79 Å². The molecule has 1 N–H and O–H groups in total. The smallest absolute Gasteiger partial charge is 0.289 e. The molecule has 0 aliphatic carbocycles. The number of nitrogens with one attached hydrogen (secondary N) is 1. The Morgan fingerprint density at radius 3 is 3.23 bits per heavy atom. The first-order valence-electron chi connectivity index (χ1n) is 3.82. The second-order valence-corrected chi connectivity index (χ2v) is 2.62. The molecular weight excluding hydrogens is 170 g/mol. The molecule has 1 unspecified atom stereocenters. The van der Waals surface area contributed by atoms with Crippen LogP contribution < -0.4 is 5.32 Å². The SMILES string of the molecule is CC(C#N)CNC(=O)c1ccno1. The molecule has 1 aromatic rings. The molecule has 0 aliphatic rings. The molecule has 0 spiro atoms. The van der Waals surface area contributed by atoms with Crippen molar-refractivity contribution < 1.29 is 9.32 Å². The van der Waals surface area contributed by atoms with E-state index in [0.717, 1.165) is 0 Å². The summed E-state index contributed by atoms with van der Waals surface area (Å²) < 4.78 is 4.62. The Hall–Kier alpha value is -1.83. The number of hydrogen-bond donors (Lipinski definition) is 1. The van der Waals surface area contributed by atoms with Crippen LogP contribution in [0, 0.1) is 17.2 Å². The van der Waals surface area contributed by atoms with Crippen molar-refractivity contribution in [2.45, 2.75) is 6.92 Å². The number of carbonyl (C=O) groups excluding carboxylic acids is 1. The van der Waals surface area contributed by atoms with Crippen LogP contribution >= 0.6 is 0 Å². The number of hydrogen-bond acceptors (Lipinski definition) is 4. The number of aromatic nitrogens is 1. The minimum absolute atomic E-state index is 0.158. The first kappa shape index (κ1) is 9.26. The second kappa shape index (κ2) is 4.26. The van der Waals surface area contributed by atoms with Gasteiger partial charge in [0, 0.05) is 12.6 Å². The quantitative estimate of drug-likeness (QED) is 0.735. The van der Waals surface area contributed by atoms with E-state index >= 15 is 0 Å². The molecule has 68 valence electrons. The number of nitrogens with zero attached hydrogens (tertiary/aromatic N) is 2. The third kappa shape index (κ3) is 2.60. The van der Waals surface area contributed by atoms with Crippen molar-refractivity contribution in [2.24, 2.45) is 5.92 Å². The number of amides is 1. The lowest BCUT2D eigenvalue weighted by molar-refractivity contribution is 0.0914. The van der Waals surface area contributed by atoms with Gasteiger partial charge in [0.25, 0.3) is 5.91 Å². The van der Waals surface area contributed by atoms with E-state index in [4.69, 9.17) is 5.26 Å². The summed E-state index contributed by atoms with van der Waals surface area (Å²) in [5.74, 6) is -0.392. The molecule has 0 aromatic carbocycles. The molecule has 1 rings (SSSR count). The first-order valence-corrected chi connectivity index (χ1v) is 3.82. The lowest BCUT2D eigenvalue weighted by Gasteiger charge is -2.02. The van der Waals surface area contributed by atoms with Crippen molar-refractivity contribution in [3.8, 4) is 6.07 Å². The second-order valence-electron chi connectivity index (χ2n) is 2.62. The highest BCUT2D eigenvalue weighted by atomic mass is 16.5. The van der Waals surface area contributed by atoms with Crippen LogP contribution in [0.25, 0.3) is 0 Å². The van der Waals surface area contributed by atoms with Crippen molar-refractivity contribution in [2.75, 3.05) is 6.54 Å². The van der Waals surface area contributed by atoms with Gasteiger partial charge in [0.15, 0.2) is 0 Å². The first-order chi connectivity index (χ1) is 6.24. The van der Waals surface area contributed by atoms with Gasteiger partial charge in [0.05, 0.1) is 18.2 Å². The van der Waals surface area contributed by atoms with Crippen molar-refractivity contribution in [1.82, 2.24) is 10.5 Å². The molecule has 0 aliphatic heterocycles. The van der Waals surface area contributed by atoms with E-state index in [1.54, 1.807) is 6.92 Å². The fourth-order valence-corrected chi connectivity index (χ4v) is 0.711. The molecule has 0 saturated heterocycles. The average molecular weight is 179 g/mol. The Bertz CT molecular complexity index is 313. The molecule has 1 heterocycles. The Balaban J connectivity index is 2.40. The van der Waals surface area contributed by atoms with Gasteiger partial charge in [-0.3, -0.25) is 4.79 Å². The Morgan fingerprint density at radius 2 is 2.69 bits per heavy atom. The molecule has 0 saturated carbocycles. The van der Waals surface area contributed by atoms with Gasteiger partial charge in [0.2, 0.25) is 5.76 Å². The van der Waals surface area contributed by atoms with E-state index < -0.39 is 0 Å². The van der Waals surface area contributed by atoms with E-state index in [1.165, 1.54) is 12.3 Å². The number of carbonyl (C=O) groups is 1. The fourth-order valence-electron chi connectivity index (χ4n) is 0.711. The monoisotopic (exact) mass is 179 g/mol. The summed E-state index contributed by atoms with van der Waals surface area (Å²) >= 11 is 0. The Kier molecular flexibility index (Phi) is 3.03. The summed E-state index contributed by atoms with van der Waals surface area (Å²) in [6, 6.07) is 3.47. The zero-order chi connectivity index (χ0) is 9.68. The number of rotatable bonds is 3. The molecule has 0 fully saturated rings. The van der Waals surface area contributed by atoms with Gasteiger partial charge in [-0.05, 0) is 6.92 Å². The van der Waals surface area contributed by atoms with Crippen LogP contribution in [-0.4, -0.2) is 17.6 Å². The normalized spacial score (nSPS) is 11.7. The largest absolute Gasteiger partial charge is 0.351 e. The zero-order valence-electron chi connectivity index (χ0n) is 7.15. The topological polar surface area (TPSA) is 78.9 Å². The van der Waals surface area contributed by atoms with Gasteiger partial charge in [-0.15, -0.1) is 0 Å². The van der Waals surface area contributed by atoms with Crippen molar-refractivity contribution in [3.05, 3.63) is 18.0 Å². The maximum Gasteiger partial charge on any atom is 0.289 e. The standard InChI is InChI=1S/C8H9N3O2/c1-6(4-9)5-10-8(12)7-2-3-11-13-7/h2-3,6H,5H2,1H3,(H,10,12). The molecule has 0 bridgehead atoms.